The Labute approximate surface area is 229 Å². The fraction of sp³-hybridized carbons (Fsp3) is 0.481. The van der Waals surface area contributed by atoms with E-state index < -0.39 is 73.5 Å². The molecule has 2 heterocycles. The van der Waals surface area contributed by atoms with Gasteiger partial charge in [-0.2, -0.15) is 0 Å². The van der Waals surface area contributed by atoms with E-state index in [9.17, 15) is 35.1 Å². The lowest BCUT2D eigenvalue weighted by Crippen LogP contribution is -2.60. The number of ether oxygens (including phenoxy) is 6. The third kappa shape index (κ3) is 6.20. The van der Waals surface area contributed by atoms with Gasteiger partial charge in [0.2, 0.25) is 6.29 Å². The van der Waals surface area contributed by atoms with Gasteiger partial charge in [-0.1, -0.05) is 12.1 Å². The molecule has 0 spiro atoms. The molecule has 1 saturated heterocycles. The molecule has 1 aromatic carbocycles. The van der Waals surface area contributed by atoms with E-state index in [1.165, 1.54) is 38.5 Å². The highest BCUT2D eigenvalue weighted by molar-refractivity contribution is 5.90. The fourth-order valence-corrected chi connectivity index (χ4v) is 4.95. The highest BCUT2D eigenvalue weighted by atomic mass is 16.8. The Kier molecular flexibility index (Phi) is 9.58. The summed E-state index contributed by atoms with van der Waals surface area (Å²) < 4.78 is 33.0. The topological polar surface area (TPSA) is 191 Å². The molecule has 0 saturated carbocycles. The molecule has 0 unspecified atom stereocenters. The summed E-state index contributed by atoms with van der Waals surface area (Å²) in [5.41, 5.74) is 1.25. The summed E-state index contributed by atoms with van der Waals surface area (Å²) in [6.45, 7) is -0.607. The number of esters is 2. The normalized spacial score (nSPS) is 33.5. The number of aliphatic hydroxyl groups excluding tert-OH is 4. The molecule has 0 bridgehead atoms. The smallest absolute Gasteiger partial charge is 0.337 e. The second kappa shape index (κ2) is 12.9. The maximum atomic E-state index is 12.8. The van der Waals surface area contributed by atoms with E-state index in [-0.39, 0.29) is 17.9 Å². The van der Waals surface area contributed by atoms with Crippen molar-refractivity contribution in [3.63, 3.8) is 0 Å². The number of rotatable bonds is 9. The van der Waals surface area contributed by atoms with Crippen molar-refractivity contribution in [2.45, 2.75) is 43.1 Å². The van der Waals surface area contributed by atoms with E-state index in [2.05, 4.69) is 0 Å². The third-order valence-electron chi connectivity index (χ3n) is 6.93. The Bertz CT molecular complexity index is 1140. The number of hydrogen-bond donors (Lipinski definition) is 5. The Hall–Kier alpha value is -3.30. The summed E-state index contributed by atoms with van der Waals surface area (Å²) in [6.07, 6.45) is -4.46. The van der Waals surface area contributed by atoms with Crippen LogP contribution in [0.15, 0.2) is 53.8 Å². The van der Waals surface area contributed by atoms with Gasteiger partial charge in [-0.15, -0.1) is 0 Å². The molecule has 13 nitrogen and oxygen atoms in total. The molecule has 40 heavy (non-hydrogen) atoms. The molecule has 0 aromatic heterocycles. The first-order chi connectivity index (χ1) is 19.2. The van der Waals surface area contributed by atoms with Crippen molar-refractivity contribution in [1.29, 1.82) is 0 Å². The van der Waals surface area contributed by atoms with Crippen LogP contribution in [-0.4, -0.2) is 108 Å². The summed E-state index contributed by atoms with van der Waals surface area (Å²) in [5.74, 6) is -2.99. The molecule has 1 aliphatic carbocycles. The average Bonchev–Trinajstić information content (AvgIpc) is 3.30. The summed E-state index contributed by atoms with van der Waals surface area (Å²) >= 11 is 0. The van der Waals surface area contributed by atoms with Gasteiger partial charge in [0.1, 0.15) is 36.3 Å². The maximum absolute atomic E-state index is 12.8. The van der Waals surface area contributed by atoms with Crippen molar-refractivity contribution >= 4 is 18.0 Å². The molecule has 1 aromatic rings. The molecular formula is C27H32O13. The SMILES string of the molecule is COCC1=C[C@@H](OC(=O)/C=C/c2ccc(O)cc2)[C@@H]2C(C(=O)OC)=CO[C@@H](O[C@@H]3O[C@H](CO)[C@@H](O)[C@H](O)[C@H]3O)[C@H]12. The van der Waals surface area contributed by atoms with Gasteiger partial charge >= 0.3 is 11.9 Å². The van der Waals surface area contributed by atoms with Crippen LogP contribution in [0.3, 0.4) is 0 Å². The van der Waals surface area contributed by atoms with Gasteiger partial charge in [-0.3, -0.25) is 0 Å². The predicted molar refractivity (Wildman–Crippen MR) is 134 cm³/mol. The van der Waals surface area contributed by atoms with E-state index in [0.717, 1.165) is 6.26 Å². The van der Waals surface area contributed by atoms with Crippen LogP contribution in [0.25, 0.3) is 6.08 Å². The number of carbonyl (C=O) groups is 2. The quantitative estimate of drug-likeness (QED) is 0.145. The van der Waals surface area contributed by atoms with Crippen LogP contribution in [0.4, 0.5) is 0 Å². The first-order valence-electron chi connectivity index (χ1n) is 12.5. The second-order valence-corrected chi connectivity index (χ2v) is 9.46. The number of hydrogen-bond acceptors (Lipinski definition) is 13. The molecule has 9 atom stereocenters. The molecule has 3 aliphatic rings. The van der Waals surface area contributed by atoms with Gasteiger partial charge in [0, 0.05) is 19.1 Å². The number of aliphatic hydroxyl groups is 4. The lowest BCUT2D eigenvalue weighted by Gasteiger charge is -2.43. The van der Waals surface area contributed by atoms with E-state index in [0.29, 0.717) is 11.1 Å². The minimum absolute atomic E-state index is 0.0465. The zero-order valence-electron chi connectivity index (χ0n) is 21.7. The molecule has 5 N–H and O–H groups in total. The average molecular weight is 565 g/mol. The zero-order chi connectivity index (χ0) is 29.0. The first-order valence-corrected chi connectivity index (χ1v) is 12.5. The van der Waals surface area contributed by atoms with E-state index in [1.54, 1.807) is 18.2 Å². The van der Waals surface area contributed by atoms with Crippen molar-refractivity contribution in [1.82, 2.24) is 0 Å². The predicted octanol–water partition coefficient (Wildman–Crippen LogP) is -0.634. The largest absolute Gasteiger partial charge is 0.508 e. The molecule has 0 amide bonds. The van der Waals surface area contributed by atoms with Crippen molar-refractivity contribution in [2.75, 3.05) is 27.4 Å². The van der Waals surface area contributed by atoms with E-state index in [4.69, 9.17) is 28.4 Å². The Morgan fingerprint density at radius 2 is 1.73 bits per heavy atom. The highest BCUT2D eigenvalue weighted by Gasteiger charge is 2.53. The van der Waals surface area contributed by atoms with Gasteiger partial charge in [0.25, 0.3) is 0 Å². The van der Waals surface area contributed by atoms with Gasteiger partial charge in [-0.25, -0.2) is 9.59 Å². The van der Waals surface area contributed by atoms with Crippen LogP contribution in [0.1, 0.15) is 5.56 Å². The van der Waals surface area contributed by atoms with Crippen molar-refractivity contribution in [3.05, 3.63) is 59.4 Å². The molecular weight excluding hydrogens is 532 g/mol. The summed E-state index contributed by atoms with van der Waals surface area (Å²) in [4.78, 5) is 25.4. The Morgan fingerprint density at radius 1 is 1.00 bits per heavy atom. The number of methoxy groups -OCH3 is 2. The maximum Gasteiger partial charge on any atom is 0.337 e. The molecule has 2 aliphatic heterocycles. The number of benzene rings is 1. The lowest BCUT2D eigenvalue weighted by atomic mass is 9.82. The fourth-order valence-electron chi connectivity index (χ4n) is 4.95. The zero-order valence-corrected chi connectivity index (χ0v) is 21.7. The molecule has 4 rings (SSSR count). The number of phenolic OH excluding ortho intramolecular Hbond substituents is 1. The summed E-state index contributed by atoms with van der Waals surface area (Å²) in [6, 6.07) is 6.16. The third-order valence-corrected chi connectivity index (χ3v) is 6.93. The van der Waals surface area contributed by atoms with Crippen molar-refractivity contribution < 1.29 is 63.5 Å². The molecule has 1 fully saturated rings. The monoisotopic (exact) mass is 564 g/mol. The van der Waals surface area contributed by atoms with Crippen LogP contribution >= 0.6 is 0 Å². The van der Waals surface area contributed by atoms with Crippen LogP contribution < -0.4 is 0 Å². The number of phenols is 1. The second-order valence-electron chi connectivity index (χ2n) is 9.46. The standard InChI is InChI=1S/C27H32O13/c1-35-11-14-9-17(38-19(30)8-5-13-3-6-15(29)7-4-13)21-16(25(34)36-2)12-37-26(20(14)21)40-27-24(33)23(32)22(31)18(10-28)39-27/h3-9,12,17-18,20-24,26-29,31-33H,10-11H2,1-2H3/b8-5+/t17-,18-,20-,21+,22-,23+,24-,26+,27+/m1/s1. The van der Waals surface area contributed by atoms with E-state index in [1.807, 2.05) is 0 Å². The number of aromatic hydroxyl groups is 1. The minimum atomic E-state index is -1.69. The van der Waals surface area contributed by atoms with Gasteiger partial charge in [0.15, 0.2) is 6.29 Å². The highest BCUT2D eigenvalue weighted by Crippen LogP contribution is 2.46. The first kappa shape index (κ1) is 29.7. The summed E-state index contributed by atoms with van der Waals surface area (Å²) in [5, 5.41) is 49.6. The van der Waals surface area contributed by atoms with Gasteiger partial charge < -0.3 is 54.0 Å². The lowest BCUT2D eigenvalue weighted by molar-refractivity contribution is -0.340. The minimum Gasteiger partial charge on any atom is -0.508 e. The van der Waals surface area contributed by atoms with Gasteiger partial charge in [-0.05, 0) is 35.4 Å². The van der Waals surface area contributed by atoms with Crippen molar-refractivity contribution in [2.24, 2.45) is 11.8 Å². The molecule has 218 valence electrons. The number of carbonyl (C=O) groups excluding carboxylic acids is 2. The van der Waals surface area contributed by atoms with Crippen LogP contribution in [0.5, 0.6) is 5.75 Å². The van der Waals surface area contributed by atoms with Crippen LogP contribution in [-0.2, 0) is 38.0 Å². The van der Waals surface area contributed by atoms with Gasteiger partial charge in [0.05, 0.1) is 38.1 Å². The van der Waals surface area contributed by atoms with E-state index >= 15 is 0 Å². The number of fused-ring (bicyclic) bond motifs is 1. The van der Waals surface area contributed by atoms with Crippen LogP contribution in [0.2, 0.25) is 0 Å². The Morgan fingerprint density at radius 3 is 2.38 bits per heavy atom. The molecule has 0 radical (unpaired) electrons. The van der Waals surface area contributed by atoms with Crippen LogP contribution in [0, 0.1) is 11.8 Å². The van der Waals surface area contributed by atoms with Crippen molar-refractivity contribution in [3.8, 4) is 5.75 Å². The summed E-state index contributed by atoms with van der Waals surface area (Å²) in [7, 11) is 2.64. The Balaban J connectivity index is 1.59. The molecule has 13 heteroatoms.